The van der Waals surface area contributed by atoms with Crippen LogP contribution in [0.4, 0.5) is 16.2 Å². The van der Waals surface area contributed by atoms with Crippen molar-refractivity contribution in [1.29, 1.82) is 0 Å². The van der Waals surface area contributed by atoms with Gasteiger partial charge < -0.3 is 20.3 Å². The molecule has 0 spiro atoms. The van der Waals surface area contributed by atoms with Crippen molar-refractivity contribution in [2.45, 2.75) is 37.6 Å². The number of hydrogen-bond donors (Lipinski definition) is 2. The SMILES string of the molecule is COc1ccc(NC(=O)NCC2(N(C)C)CCCCC2)c([N+](=O)[O-])c1. The number of urea groups is 1. The van der Waals surface area contributed by atoms with Gasteiger partial charge in [0.2, 0.25) is 0 Å². The molecule has 1 saturated carbocycles. The van der Waals surface area contributed by atoms with E-state index in [0.29, 0.717) is 12.3 Å². The molecule has 8 nitrogen and oxygen atoms in total. The number of anilines is 1. The average Bonchev–Trinajstić information content (AvgIpc) is 2.60. The van der Waals surface area contributed by atoms with Crippen LogP contribution in [0.15, 0.2) is 18.2 Å². The van der Waals surface area contributed by atoms with Crippen LogP contribution in [0.25, 0.3) is 0 Å². The van der Waals surface area contributed by atoms with E-state index in [1.807, 2.05) is 14.1 Å². The maximum absolute atomic E-state index is 12.3. The Kier molecular flexibility index (Phi) is 6.19. The molecule has 2 amide bonds. The Morgan fingerprint density at radius 2 is 2.00 bits per heavy atom. The van der Waals surface area contributed by atoms with Crippen LogP contribution < -0.4 is 15.4 Å². The second-order valence-electron chi connectivity index (χ2n) is 6.63. The van der Waals surface area contributed by atoms with Crippen molar-refractivity contribution in [3.05, 3.63) is 28.3 Å². The van der Waals surface area contributed by atoms with Gasteiger partial charge in [0.15, 0.2) is 0 Å². The third-order valence-corrected chi connectivity index (χ3v) is 4.96. The molecule has 0 unspecified atom stereocenters. The number of rotatable bonds is 6. The van der Waals surface area contributed by atoms with Gasteiger partial charge in [-0.25, -0.2) is 4.79 Å². The van der Waals surface area contributed by atoms with Crippen LogP contribution in [0.2, 0.25) is 0 Å². The van der Waals surface area contributed by atoms with Crippen molar-refractivity contribution >= 4 is 17.4 Å². The van der Waals surface area contributed by atoms with Gasteiger partial charge in [0.1, 0.15) is 11.4 Å². The largest absolute Gasteiger partial charge is 0.496 e. The van der Waals surface area contributed by atoms with Gasteiger partial charge in [-0.3, -0.25) is 10.1 Å². The molecule has 0 atom stereocenters. The third kappa shape index (κ3) is 4.60. The molecule has 1 fully saturated rings. The molecule has 8 heteroatoms. The van der Waals surface area contributed by atoms with Crippen molar-refractivity contribution < 1.29 is 14.5 Å². The molecular weight excluding hydrogens is 324 g/mol. The summed E-state index contributed by atoms with van der Waals surface area (Å²) in [6.07, 6.45) is 5.57. The van der Waals surface area contributed by atoms with Gasteiger partial charge in [0.05, 0.1) is 18.1 Å². The Labute approximate surface area is 147 Å². The zero-order valence-corrected chi connectivity index (χ0v) is 15.0. The summed E-state index contributed by atoms with van der Waals surface area (Å²) in [6.45, 7) is 0.510. The van der Waals surface area contributed by atoms with E-state index in [4.69, 9.17) is 4.74 Å². The average molecular weight is 350 g/mol. The number of hydrogen-bond acceptors (Lipinski definition) is 5. The summed E-state index contributed by atoms with van der Waals surface area (Å²) in [6, 6.07) is 3.89. The molecule has 0 aromatic heterocycles. The number of nitrogens with one attached hydrogen (secondary N) is 2. The third-order valence-electron chi connectivity index (χ3n) is 4.96. The van der Waals surface area contributed by atoms with Crippen molar-refractivity contribution in [1.82, 2.24) is 10.2 Å². The lowest BCUT2D eigenvalue weighted by atomic mass is 9.80. The van der Waals surface area contributed by atoms with Crippen LogP contribution >= 0.6 is 0 Å². The number of nitro groups is 1. The first-order valence-electron chi connectivity index (χ1n) is 8.43. The smallest absolute Gasteiger partial charge is 0.319 e. The number of ether oxygens (including phenoxy) is 1. The minimum atomic E-state index is -0.541. The summed E-state index contributed by atoms with van der Waals surface area (Å²) >= 11 is 0. The topological polar surface area (TPSA) is 96.7 Å². The van der Waals surface area contributed by atoms with Crippen LogP contribution in [0.5, 0.6) is 5.75 Å². The number of carbonyl (C=O) groups is 1. The van der Waals surface area contributed by atoms with E-state index >= 15 is 0 Å². The van der Waals surface area contributed by atoms with E-state index in [0.717, 1.165) is 25.7 Å². The molecule has 2 rings (SSSR count). The number of amides is 2. The highest BCUT2D eigenvalue weighted by atomic mass is 16.6. The van der Waals surface area contributed by atoms with E-state index in [9.17, 15) is 14.9 Å². The normalized spacial score (nSPS) is 16.3. The summed E-state index contributed by atoms with van der Waals surface area (Å²) in [4.78, 5) is 25.1. The van der Waals surface area contributed by atoms with Gasteiger partial charge in [0, 0.05) is 12.1 Å². The standard InChI is InChI=1S/C17H26N4O4/c1-20(2)17(9-5-4-6-10-17)12-18-16(22)19-14-8-7-13(25-3)11-15(14)21(23)24/h7-8,11H,4-6,9-10,12H2,1-3H3,(H2,18,19,22). The molecule has 1 aromatic carbocycles. The molecular formula is C17H26N4O4. The van der Waals surface area contributed by atoms with E-state index < -0.39 is 11.0 Å². The summed E-state index contributed by atoms with van der Waals surface area (Å²) in [5, 5.41) is 16.6. The summed E-state index contributed by atoms with van der Waals surface area (Å²) < 4.78 is 4.99. The zero-order valence-electron chi connectivity index (χ0n) is 15.0. The molecule has 0 radical (unpaired) electrons. The van der Waals surface area contributed by atoms with Gasteiger partial charge in [-0.2, -0.15) is 0 Å². The molecule has 1 aliphatic rings. The zero-order chi connectivity index (χ0) is 18.4. The van der Waals surface area contributed by atoms with Gasteiger partial charge in [-0.15, -0.1) is 0 Å². The Hall–Kier alpha value is -2.35. The molecule has 0 heterocycles. The molecule has 0 saturated heterocycles. The minimum Gasteiger partial charge on any atom is -0.496 e. The number of carbonyl (C=O) groups excluding carboxylic acids is 1. The molecule has 25 heavy (non-hydrogen) atoms. The number of nitro benzene ring substituents is 1. The van der Waals surface area contributed by atoms with Gasteiger partial charge in [-0.05, 0) is 39.1 Å². The van der Waals surface area contributed by atoms with Crippen molar-refractivity contribution in [3.63, 3.8) is 0 Å². The summed E-state index contributed by atoms with van der Waals surface area (Å²) in [5.74, 6) is 0.367. The number of likely N-dealkylation sites (N-methyl/N-ethyl adjacent to an activating group) is 1. The monoisotopic (exact) mass is 350 g/mol. The van der Waals surface area contributed by atoms with Crippen LogP contribution in [-0.2, 0) is 0 Å². The molecule has 1 aromatic rings. The number of benzene rings is 1. The van der Waals surface area contributed by atoms with Gasteiger partial charge in [-0.1, -0.05) is 19.3 Å². The predicted molar refractivity (Wildman–Crippen MR) is 96.2 cm³/mol. The first kappa shape index (κ1) is 19.0. The van der Waals surface area contributed by atoms with Gasteiger partial charge >= 0.3 is 6.03 Å². The Morgan fingerprint density at radius 1 is 1.32 bits per heavy atom. The predicted octanol–water partition coefficient (Wildman–Crippen LogP) is 2.99. The fraction of sp³-hybridized carbons (Fsp3) is 0.588. The second kappa shape index (κ2) is 8.15. The number of nitrogens with zero attached hydrogens (tertiary/aromatic N) is 2. The van der Waals surface area contributed by atoms with Crippen LogP contribution in [0, 0.1) is 10.1 Å². The van der Waals surface area contributed by atoms with E-state index in [1.54, 1.807) is 6.07 Å². The highest BCUT2D eigenvalue weighted by molar-refractivity contribution is 5.92. The summed E-state index contributed by atoms with van der Waals surface area (Å²) in [7, 11) is 5.49. The molecule has 2 N–H and O–H groups in total. The Balaban J connectivity index is 2.03. The quantitative estimate of drug-likeness (QED) is 0.607. The van der Waals surface area contributed by atoms with Crippen molar-refractivity contribution in [2.24, 2.45) is 0 Å². The maximum Gasteiger partial charge on any atom is 0.319 e. The van der Waals surface area contributed by atoms with E-state index in [-0.39, 0.29) is 16.9 Å². The fourth-order valence-corrected chi connectivity index (χ4v) is 3.30. The molecule has 0 bridgehead atoms. The maximum atomic E-state index is 12.3. The lowest BCUT2D eigenvalue weighted by Gasteiger charge is -2.43. The van der Waals surface area contributed by atoms with Crippen molar-refractivity contribution in [2.75, 3.05) is 33.1 Å². The second-order valence-corrected chi connectivity index (χ2v) is 6.63. The summed E-state index contributed by atoms with van der Waals surface area (Å²) in [5.41, 5.74) is -0.109. The lowest BCUT2D eigenvalue weighted by Crippen LogP contribution is -2.54. The first-order valence-corrected chi connectivity index (χ1v) is 8.43. The highest BCUT2D eigenvalue weighted by Crippen LogP contribution is 2.32. The highest BCUT2D eigenvalue weighted by Gasteiger charge is 2.34. The number of methoxy groups -OCH3 is 1. The van der Waals surface area contributed by atoms with Crippen molar-refractivity contribution in [3.8, 4) is 5.75 Å². The fourth-order valence-electron chi connectivity index (χ4n) is 3.30. The van der Waals surface area contributed by atoms with Gasteiger partial charge in [0.25, 0.3) is 5.69 Å². The van der Waals surface area contributed by atoms with Crippen LogP contribution in [0.3, 0.4) is 0 Å². The molecule has 0 aliphatic heterocycles. The van der Waals surface area contributed by atoms with Crippen LogP contribution in [-0.4, -0.2) is 49.1 Å². The Morgan fingerprint density at radius 3 is 2.56 bits per heavy atom. The minimum absolute atomic E-state index is 0.0541. The van der Waals surface area contributed by atoms with E-state index in [1.165, 1.54) is 25.7 Å². The van der Waals surface area contributed by atoms with Crippen LogP contribution in [0.1, 0.15) is 32.1 Å². The lowest BCUT2D eigenvalue weighted by molar-refractivity contribution is -0.384. The molecule has 1 aliphatic carbocycles. The van der Waals surface area contributed by atoms with E-state index in [2.05, 4.69) is 15.5 Å². The Bertz CT molecular complexity index is 627. The first-order chi connectivity index (χ1) is 11.9. The molecule has 138 valence electrons.